The molecule has 0 N–H and O–H groups in total. The van der Waals surface area contributed by atoms with E-state index in [-0.39, 0.29) is 0 Å². The number of benzene rings is 2. The second-order valence-electron chi connectivity index (χ2n) is 4.55. The zero-order valence-corrected chi connectivity index (χ0v) is 11.1. The highest BCUT2D eigenvalue weighted by molar-refractivity contribution is 5.71. The van der Waals surface area contributed by atoms with E-state index in [1.54, 1.807) is 30.5 Å². The highest BCUT2D eigenvalue weighted by Gasteiger charge is 2.06. The van der Waals surface area contributed by atoms with Crippen LogP contribution in [0, 0.1) is 17.9 Å². The lowest BCUT2D eigenvalue weighted by Gasteiger charge is -1.97. The Morgan fingerprint density at radius 2 is 1.57 bits per heavy atom. The van der Waals surface area contributed by atoms with Crippen molar-refractivity contribution < 1.29 is 4.42 Å². The zero-order chi connectivity index (χ0) is 14.7. The molecule has 21 heavy (non-hydrogen) atoms. The molecular weight excluding hydrogens is 260 g/mol. The molecule has 0 unspecified atom stereocenters. The van der Waals surface area contributed by atoms with Gasteiger partial charge in [-0.1, -0.05) is 36.4 Å². The second kappa shape index (κ2) is 5.36. The van der Waals surface area contributed by atoms with E-state index in [0.717, 1.165) is 22.5 Å². The monoisotopic (exact) mass is 270 g/mol. The molecule has 0 atom stereocenters. The fraction of sp³-hybridized carbons (Fsp3) is 0. The van der Waals surface area contributed by atoms with Crippen LogP contribution in [0.5, 0.6) is 0 Å². The average molecular weight is 270 g/mol. The van der Waals surface area contributed by atoms with E-state index in [2.05, 4.69) is 10.9 Å². The van der Waals surface area contributed by atoms with E-state index in [9.17, 15) is 0 Å². The van der Waals surface area contributed by atoms with Gasteiger partial charge in [-0.15, -0.1) is 0 Å². The van der Waals surface area contributed by atoms with Crippen molar-refractivity contribution in [2.24, 2.45) is 0 Å². The van der Waals surface area contributed by atoms with E-state index in [0.29, 0.717) is 11.3 Å². The Balaban J connectivity index is 1.92. The third kappa shape index (κ3) is 2.54. The molecular formula is C18H10N2O. The van der Waals surface area contributed by atoms with E-state index in [1.807, 2.05) is 30.3 Å². The fourth-order valence-electron chi connectivity index (χ4n) is 2.08. The molecule has 0 fully saturated rings. The SMILES string of the molecule is [C-]#[N+]c1ccc(-c2cc(-c3ccc(C#N)cc3)co2)cc1. The number of hydrogen-bond donors (Lipinski definition) is 0. The van der Waals surface area contributed by atoms with E-state index < -0.39 is 0 Å². The van der Waals surface area contributed by atoms with Crippen LogP contribution in [-0.2, 0) is 0 Å². The van der Waals surface area contributed by atoms with Crippen LogP contribution in [0.15, 0.2) is 65.3 Å². The van der Waals surface area contributed by atoms with Crippen LogP contribution < -0.4 is 0 Å². The minimum Gasteiger partial charge on any atom is -0.464 e. The van der Waals surface area contributed by atoms with Gasteiger partial charge < -0.3 is 4.42 Å². The molecule has 0 aliphatic carbocycles. The molecule has 3 aromatic rings. The van der Waals surface area contributed by atoms with Gasteiger partial charge in [-0.3, -0.25) is 0 Å². The Morgan fingerprint density at radius 1 is 0.905 bits per heavy atom. The van der Waals surface area contributed by atoms with E-state index in [4.69, 9.17) is 16.3 Å². The lowest BCUT2D eigenvalue weighted by Crippen LogP contribution is -1.76. The molecule has 0 aliphatic heterocycles. The van der Waals surface area contributed by atoms with Crippen LogP contribution in [0.3, 0.4) is 0 Å². The van der Waals surface area contributed by atoms with Crippen molar-refractivity contribution in [3.8, 4) is 28.5 Å². The van der Waals surface area contributed by atoms with Crippen LogP contribution >= 0.6 is 0 Å². The van der Waals surface area contributed by atoms with E-state index >= 15 is 0 Å². The third-order valence-electron chi connectivity index (χ3n) is 3.23. The van der Waals surface area contributed by atoms with E-state index in [1.165, 1.54) is 0 Å². The number of furan rings is 1. The molecule has 2 aromatic carbocycles. The van der Waals surface area contributed by atoms with Gasteiger partial charge in [0.1, 0.15) is 5.76 Å². The number of rotatable bonds is 2. The van der Waals surface area contributed by atoms with Crippen molar-refractivity contribution in [3.05, 3.63) is 77.8 Å². The van der Waals surface area contributed by atoms with Gasteiger partial charge in [0.05, 0.1) is 24.5 Å². The van der Waals surface area contributed by atoms with Crippen LogP contribution in [0.4, 0.5) is 5.69 Å². The van der Waals surface area contributed by atoms with Crippen molar-refractivity contribution in [2.75, 3.05) is 0 Å². The average Bonchev–Trinajstić information content (AvgIpc) is 3.05. The zero-order valence-electron chi connectivity index (χ0n) is 11.1. The lowest BCUT2D eigenvalue weighted by molar-refractivity contribution is 0.583. The summed E-state index contributed by atoms with van der Waals surface area (Å²) in [6.45, 7) is 6.95. The molecule has 3 nitrogen and oxygen atoms in total. The van der Waals surface area contributed by atoms with Gasteiger partial charge in [0, 0.05) is 11.1 Å². The third-order valence-corrected chi connectivity index (χ3v) is 3.23. The standard InChI is InChI=1S/C18H10N2O/c1-20-17-8-6-15(7-9-17)18-10-16(12-21-18)14-4-2-13(11-19)3-5-14/h2-10,12H. The molecule has 0 bridgehead atoms. The molecule has 0 aliphatic rings. The summed E-state index contributed by atoms with van der Waals surface area (Å²) in [7, 11) is 0. The summed E-state index contributed by atoms with van der Waals surface area (Å²) < 4.78 is 5.59. The minimum atomic E-state index is 0.609. The first kappa shape index (κ1) is 12.7. The summed E-state index contributed by atoms with van der Waals surface area (Å²) in [4.78, 5) is 3.37. The Hall–Kier alpha value is -3.30. The van der Waals surface area contributed by atoms with Gasteiger partial charge in [-0.25, -0.2) is 4.85 Å². The molecule has 3 heteroatoms. The number of nitrogens with zero attached hydrogens (tertiary/aromatic N) is 2. The first-order chi connectivity index (χ1) is 10.3. The van der Waals surface area contributed by atoms with Gasteiger partial charge in [0.25, 0.3) is 0 Å². The van der Waals surface area contributed by atoms with Crippen LogP contribution in [-0.4, -0.2) is 0 Å². The predicted octanol–water partition coefficient (Wildman–Crippen LogP) is 5.04. The van der Waals surface area contributed by atoms with Crippen molar-refractivity contribution >= 4 is 5.69 Å². The summed E-state index contributed by atoms with van der Waals surface area (Å²) >= 11 is 0. The van der Waals surface area contributed by atoms with Crippen molar-refractivity contribution in [1.29, 1.82) is 5.26 Å². The second-order valence-corrected chi connectivity index (χ2v) is 4.55. The summed E-state index contributed by atoms with van der Waals surface area (Å²) in [6.07, 6.45) is 1.69. The maximum atomic E-state index is 8.81. The van der Waals surface area contributed by atoms with Gasteiger partial charge in [0.15, 0.2) is 5.69 Å². The van der Waals surface area contributed by atoms with Crippen LogP contribution in [0.2, 0.25) is 0 Å². The first-order valence-corrected chi connectivity index (χ1v) is 6.37. The summed E-state index contributed by atoms with van der Waals surface area (Å²) in [5.41, 5.74) is 4.14. The molecule has 0 radical (unpaired) electrons. The van der Waals surface area contributed by atoms with Crippen LogP contribution in [0.1, 0.15) is 5.56 Å². The van der Waals surface area contributed by atoms with Gasteiger partial charge in [0.2, 0.25) is 0 Å². The lowest BCUT2D eigenvalue weighted by atomic mass is 10.1. The Kier molecular flexibility index (Phi) is 3.25. The Bertz CT molecular complexity index is 772. The van der Waals surface area contributed by atoms with Gasteiger partial charge in [-0.05, 0) is 23.8 Å². The maximum Gasteiger partial charge on any atom is 0.187 e. The summed E-state index contributed by atoms with van der Waals surface area (Å²) in [5.74, 6) is 0.755. The summed E-state index contributed by atoms with van der Waals surface area (Å²) in [5, 5.41) is 8.81. The van der Waals surface area contributed by atoms with Gasteiger partial charge in [-0.2, -0.15) is 5.26 Å². The highest BCUT2D eigenvalue weighted by Crippen LogP contribution is 2.29. The number of nitriles is 1. The Labute approximate surface area is 122 Å². The predicted molar refractivity (Wildman–Crippen MR) is 80.6 cm³/mol. The molecule has 0 spiro atoms. The van der Waals surface area contributed by atoms with Crippen molar-refractivity contribution in [2.45, 2.75) is 0 Å². The summed E-state index contributed by atoms with van der Waals surface area (Å²) in [6, 6.07) is 18.7. The minimum absolute atomic E-state index is 0.609. The Morgan fingerprint density at radius 3 is 2.19 bits per heavy atom. The van der Waals surface area contributed by atoms with Crippen molar-refractivity contribution in [3.63, 3.8) is 0 Å². The number of hydrogen-bond acceptors (Lipinski definition) is 2. The molecule has 98 valence electrons. The smallest absolute Gasteiger partial charge is 0.187 e. The normalized spacial score (nSPS) is 9.81. The fourth-order valence-corrected chi connectivity index (χ4v) is 2.08. The molecule has 3 rings (SSSR count). The van der Waals surface area contributed by atoms with Crippen molar-refractivity contribution in [1.82, 2.24) is 0 Å². The molecule has 1 aromatic heterocycles. The molecule has 1 heterocycles. The quantitative estimate of drug-likeness (QED) is 0.612. The van der Waals surface area contributed by atoms with Crippen LogP contribution in [0.25, 0.3) is 27.3 Å². The first-order valence-electron chi connectivity index (χ1n) is 6.37. The largest absolute Gasteiger partial charge is 0.464 e. The van der Waals surface area contributed by atoms with Gasteiger partial charge >= 0.3 is 0 Å². The topological polar surface area (TPSA) is 41.3 Å². The molecule has 0 amide bonds. The maximum absolute atomic E-state index is 8.81. The molecule has 0 saturated heterocycles. The molecule has 0 saturated carbocycles. The highest BCUT2D eigenvalue weighted by atomic mass is 16.3.